The van der Waals surface area contributed by atoms with Crippen molar-refractivity contribution >= 4 is 11.9 Å². The maximum Gasteiger partial charge on any atom is 0.0656 e. The monoisotopic (exact) mass is 281 g/mol. The van der Waals surface area contributed by atoms with Crippen molar-refractivity contribution in [3.05, 3.63) is 35.4 Å². The number of hydrogen-bond donors (Lipinski definition) is 2. The molecule has 2 N–H and O–H groups in total. The first-order chi connectivity index (χ1) is 10.1. The Balaban J connectivity index is 2.37. The zero-order valence-corrected chi connectivity index (χ0v) is 12.8. The molecule has 1 aromatic carbocycles. The van der Waals surface area contributed by atoms with Gasteiger partial charge in [0.2, 0.25) is 0 Å². The Labute approximate surface area is 127 Å². The number of nitrogens with zero attached hydrogens (tertiary/aromatic N) is 1. The highest BCUT2D eigenvalue weighted by molar-refractivity contribution is 6.03. The van der Waals surface area contributed by atoms with Crippen LogP contribution in [0.25, 0.3) is 0 Å². The van der Waals surface area contributed by atoms with Crippen LogP contribution in [-0.2, 0) is 5.41 Å². The van der Waals surface area contributed by atoms with Crippen molar-refractivity contribution in [2.45, 2.75) is 44.9 Å². The Bertz CT molecular complexity index is 576. The summed E-state index contributed by atoms with van der Waals surface area (Å²) in [6.45, 7) is 4.14. The van der Waals surface area contributed by atoms with E-state index in [0.29, 0.717) is 5.71 Å². The Morgan fingerprint density at radius 3 is 2.76 bits per heavy atom. The van der Waals surface area contributed by atoms with Gasteiger partial charge in [0.15, 0.2) is 0 Å². The van der Waals surface area contributed by atoms with Crippen LogP contribution in [0.2, 0.25) is 0 Å². The molecule has 0 radical (unpaired) electrons. The van der Waals surface area contributed by atoms with Crippen molar-refractivity contribution < 1.29 is 0 Å². The zero-order valence-electron chi connectivity index (χ0n) is 12.8. The fourth-order valence-corrected chi connectivity index (χ4v) is 3.40. The molecular weight excluding hydrogens is 258 g/mol. The zero-order chi connectivity index (χ0) is 15.5. The van der Waals surface area contributed by atoms with E-state index in [1.54, 1.807) is 0 Å². The summed E-state index contributed by atoms with van der Waals surface area (Å²) in [6, 6.07) is 10.6. The molecule has 1 atom stereocenters. The van der Waals surface area contributed by atoms with Gasteiger partial charge >= 0.3 is 0 Å². The molecule has 0 amide bonds. The quantitative estimate of drug-likeness (QED) is 0.752. The van der Waals surface area contributed by atoms with Crippen molar-refractivity contribution in [3.63, 3.8) is 0 Å². The summed E-state index contributed by atoms with van der Waals surface area (Å²) in [5, 5.41) is 25.4. The molecule has 1 aromatic rings. The van der Waals surface area contributed by atoms with Crippen LogP contribution in [0.4, 0.5) is 0 Å². The first-order valence-corrected chi connectivity index (χ1v) is 7.63. The van der Waals surface area contributed by atoms with Crippen molar-refractivity contribution in [2.75, 3.05) is 0 Å². The molecule has 1 saturated carbocycles. The first-order valence-electron chi connectivity index (χ1n) is 7.63. The smallest absolute Gasteiger partial charge is 0.0656 e. The summed E-state index contributed by atoms with van der Waals surface area (Å²) in [4.78, 5) is 0. The molecule has 1 fully saturated rings. The molecule has 0 aliphatic heterocycles. The van der Waals surface area contributed by atoms with E-state index in [2.05, 4.69) is 38.1 Å². The minimum absolute atomic E-state index is 0.0406. The van der Waals surface area contributed by atoms with Crippen molar-refractivity contribution in [2.24, 2.45) is 11.8 Å². The number of rotatable bonds is 6. The second kappa shape index (κ2) is 6.22. The van der Waals surface area contributed by atoms with Crippen LogP contribution in [0.5, 0.6) is 0 Å². The fourth-order valence-electron chi connectivity index (χ4n) is 3.40. The minimum Gasteiger partial charge on any atom is -0.312 e. The first kappa shape index (κ1) is 15.4. The highest BCUT2D eigenvalue weighted by Gasteiger charge is 2.50. The van der Waals surface area contributed by atoms with E-state index in [1.165, 1.54) is 11.8 Å². The lowest BCUT2D eigenvalue weighted by molar-refractivity contribution is 0.258. The van der Waals surface area contributed by atoms with Crippen LogP contribution >= 0.6 is 0 Å². The number of benzene rings is 1. The highest BCUT2D eigenvalue weighted by atomic mass is 14.6. The van der Waals surface area contributed by atoms with E-state index in [1.807, 2.05) is 6.07 Å². The molecular formula is C18H23N3. The largest absolute Gasteiger partial charge is 0.312 e. The topological polar surface area (TPSA) is 71.5 Å². The van der Waals surface area contributed by atoms with E-state index in [-0.39, 0.29) is 17.3 Å². The molecule has 0 bridgehead atoms. The van der Waals surface area contributed by atoms with Gasteiger partial charge in [0.1, 0.15) is 0 Å². The molecule has 1 aliphatic carbocycles. The van der Waals surface area contributed by atoms with Crippen molar-refractivity contribution in [1.29, 1.82) is 16.1 Å². The van der Waals surface area contributed by atoms with Gasteiger partial charge in [-0.1, -0.05) is 43.2 Å². The van der Waals surface area contributed by atoms with E-state index in [0.717, 1.165) is 31.2 Å². The van der Waals surface area contributed by atoms with Gasteiger partial charge in [-0.25, -0.2) is 0 Å². The third-order valence-corrected chi connectivity index (χ3v) is 4.63. The number of nitrogens with one attached hydrogen (secondary N) is 2. The van der Waals surface area contributed by atoms with Crippen LogP contribution in [0.3, 0.4) is 0 Å². The third-order valence-electron chi connectivity index (χ3n) is 4.63. The lowest BCUT2D eigenvalue weighted by atomic mass is 9.54. The molecule has 1 unspecified atom stereocenters. The van der Waals surface area contributed by atoms with Crippen LogP contribution in [0, 0.1) is 40.9 Å². The van der Waals surface area contributed by atoms with Crippen molar-refractivity contribution in [3.8, 4) is 6.07 Å². The van der Waals surface area contributed by atoms with Crippen LogP contribution in [0.15, 0.2) is 24.3 Å². The standard InChI is InChI=1S/C18H23N3/c1-3-5-15(12-20)17(21)18(9-14(10-18)11-19)16-7-4-6-13(2)8-16/h4,6-8,12,14-15,20-21H,3,5,9-10H2,1-2H3. The highest BCUT2D eigenvalue weighted by Crippen LogP contribution is 2.50. The summed E-state index contributed by atoms with van der Waals surface area (Å²) in [5.41, 5.74) is 2.62. The summed E-state index contributed by atoms with van der Waals surface area (Å²) in [5.74, 6) is -0.0611. The molecule has 110 valence electrons. The molecule has 3 nitrogen and oxygen atoms in total. The van der Waals surface area contributed by atoms with Gasteiger partial charge in [0.25, 0.3) is 0 Å². The van der Waals surface area contributed by atoms with Gasteiger partial charge < -0.3 is 10.8 Å². The molecule has 0 saturated heterocycles. The van der Waals surface area contributed by atoms with E-state index in [9.17, 15) is 0 Å². The SMILES string of the molecule is CCCC(C=N)C(=N)C1(c2cccc(C)c2)CC(C#N)C1. The maximum absolute atomic E-state index is 9.14. The predicted octanol–water partition coefficient (Wildman–Crippen LogP) is 4.25. The Morgan fingerprint density at radius 2 is 2.24 bits per heavy atom. The van der Waals surface area contributed by atoms with Gasteiger partial charge in [0.05, 0.1) is 6.07 Å². The average Bonchev–Trinajstić information content (AvgIpc) is 2.44. The Morgan fingerprint density at radius 1 is 1.52 bits per heavy atom. The predicted molar refractivity (Wildman–Crippen MR) is 86.1 cm³/mol. The van der Waals surface area contributed by atoms with E-state index < -0.39 is 0 Å². The Kier molecular flexibility index (Phi) is 4.57. The lowest BCUT2D eigenvalue weighted by Gasteiger charge is -2.47. The van der Waals surface area contributed by atoms with Crippen LogP contribution in [-0.4, -0.2) is 11.9 Å². The second-order valence-electron chi connectivity index (χ2n) is 6.16. The molecule has 21 heavy (non-hydrogen) atoms. The van der Waals surface area contributed by atoms with Gasteiger partial charge in [-0.15, -0.1) is 0 Å². The second-order valence-corrected chi connectivity index (χ2v) is 6.16. The van der Waals surface area contributed by atoms with Gasteiger partial charge in [-0.05, 0) is 31.7 Å². The number of hydrogen-bond acceptors (Lipinski definition) is 3. The van der Waals surface area contributed by atoms with Gasteiger partial charge in [-0.3, -0.25) is 0 Å². The number of aryl methyl sites for hydroxylation is 1. The third kappa shape index (κ3) is 2.76. The summed E-state index contributed by atoms with van der Waals surface area (Å²) >= 11 is 0. The Hall–Kier alpha value is -1.95. The van der Waals surface area contributed by atoms with Gasteiger partial charge in [0, 0.05) is 29.2 Å². The molecule has 0 heterocycles. The van der Waals surface area contributed by atoms with Crippen LogP contribution in [0.1, 0.15) is 43.7 Å². The van der Waals surface area contributed by atoms with Gasteiger partial charge in [-0.2, -0.15) is 5.26 Å². The number of nitriles is 1. The van der Waals surface area contributed by atoms with E-state index in [4.69, 9.17) is 16.1 Å². The van der Waals surface area contributed by atoms with Crippen molar-refractivity contribution in [1.82, 2.24) is 0 Å². The maximum atomic E-state index is 9.14. The fraction of sp³-hybridized carbons (Fsp3) is 0.500. The van der Waals surface area contributed by atoms with Crippen LogP contribution < -0.4 is 0 Å². The molecule has 3 heteroatoms. The normalized spacial score (nSPS) is 25.5. The minimum atomic E-state index is -0.330. The molecule has 2 rings (SSSR count). The lowest BCUT2D eigenvalue weighted by Crippen LogP contribution is -2.50. The summed E-state index contributed by atoms with van der Waals surface area (Å²) < 4.78 is 0. The molecule has 1 aliphatic rings. The van der Waals surface area contributed by atoms with E-state index >= 15 is 0 Å². The molecule has 0 spiro atoms. The summed E-state index contributed by atoms with van der Waals surface area (Å²) in [6.07, 6.45) is 4.66. The molecule has 0 aromatic heterocycles. The summed E-state index contributed by atoms with van der Waals surface area (Å²) in [7, 11) is 0. The average molecular weight is 281 g/mol.